The largest absolute Gasteiger partial charge is 0.379 e. The minimum absolute atomic E-state index is 0.0283. The number of aromatic amines is 1. The van der Waals surface area contributed by atoms with E-state index in [-0.39, 0.29) is 5.91 Å². The molecule has 1 atom stereocenters. The highest BCUT2D eigenvalue weighted by Gasteiger charge is 2.21. The molecule has 4 heteroatoms. The molecule has 2 heterocycles. The van der Waals surface area contributed by atoms with E-state index in [1.165, 1.54) is 6.08 Å². The van der Waals surface area contributed by atoms with Crippen molar-refractivity contribution in [3.05, 3.63) is 31.1 Å². The Labute approximate surface area is 95.3 Å². The zero-order chi connectivity index (χ0) is 11.4. The Balaban J connectivity index is 1.91. The van der Waals surface area contributed by atoms with Gasteiger partial charge < -0.3 is 15.2 Å². The molecule has 0 radical (unpaired) electrons. The minimum atomic E-state index is 0.0283. The topological polar surface area (TPSA) is 48.1 Å². The van der Waals surface area contributed by atoms with Crippen LogP contribution in [0.15, 0.2) is 31.1 Å². The average molecular weight is 219 g/mol. The van der Waals surface area contributed by atoms with Crippen LogP contribution < -0.4 is 5.32 Å². The fourth-order valence-corrected chi connectivity index (χ4v) is 2.07. The van der Waals surface area contributed by atoms with E-state index in [9.17, 15) is 4.79 Å². The first-order chi connectivity index (χ1) is 7.79. The number of carbonyl (C=O) groups is 1. The van der Waals surface area contributed by atoms with Crippen LogP contribution in [0.4, 0.5) is 5.69 Å². The predicted molar refractivity (Wildman–Crippen MR) is 64.2 cm³/mol. The third kappa shape index (κ3) is 2.45. The molecule has 1 aliphatic rings. The zero-order valence-corrected chi connectivity index (χ0v) is 9.28. The van der Waals surface area contributed by atoms with Crippen molar-refractivity contribution in [2.75, 3.05) is 18.4 Å². The molecule has 1 fully saturated rings. The van der Waals surface area contributed by atoms with Crippen molar-refractivity contribution >= 4 is 11.6 Å². The van der Waals surface area contributed by atoms with Gasteiger partial charge in [0.1, 0.15) is 0 Å². The molecule has 1 aromatic heterocycles. The van der Waals surface area contributed by atoms with Crippen LogP contribution >= 0.6 is 0 Å². The Hall–Kier alpha value is -1.71. The van der Waals surface area contributed by atoms with Gasteiger partial charge >= 0.3 is 0 Å². The summed E-state index contributed by atoms with van der Waals surface area (Å²) in [7, 11) is 0. The van der Waals surface area contributed by atoms with E-state index in [1.54, 1.807) is 0 Å². The van der Waals surface area contributed by atoms with Crippen molar-refractivity contribution in [1.82, 2.24) is 9.88 Å². The van der Waals surface area contributed by atoms with Crippen molar-refractivity contribution < 1.29 is 4.79 Å². The van der Waals surface area contributed by atoms with Crippen LogP contribution in [-0.4, -0.2) is 34.9 Å². The van der Waals surface area contributed by atoms with E-state index in [4.69, 9.17) is 0 Å². The van der Waals surface area contributed by atoms with Gasteiger partial charge in [-0.2, -0.15) is 0 Å². The van der Waals surface area contributed by atoms with E-state index in [1.807, 2.05) is 23.4 Å². The molecule has 1 aliphatic heterocycles. The number of nitrogens with one attached hydrogen (secondary N) is 2. The molecular formula is C12H17N3O. The predicted octanol–water partition coefficient (Wildman–Crippen LogP) is 1.60. The van der Waals surface area contributed by atoms with Crippen LogP contribution in [0.5, 0.6) is 0 Å². The molecule has 86 valence electrons. The molecule has 0 saturated carbocycles. The van der Waals surface area contributed by atoms with Gasteiger partial charge in [0.25, 0.3) is 0 Å². The van der Waals surface area contributed by atoms with Crippen molar-refractivity contribution in [1.29, 1.82) is 0 Å². The zero-order valence-electron chi connectivity index (χ0n) is 9.28. The molecule has 4 nitrogen and oxygen atoms in total. The number of rotatable bonds is 3. The number of nitrogens with zero attached hydrogens (tertiary/aromatic N) is 1. The summed E-state index contributed by atoms with van der Waals surface area (Å²) >= 11 is 0. The van der Waals surface area contributed by atoms with Crippen LogP contribution in [0.1, 0.15) is 12.8 Å². The standard InChI is InChI=1S/C12H17N3O/c1-2-12(16)15-7-3-4-11(9-15)14-10-5-6-13-8-10/h2,5-6,8,11,13-14H,1,3-4,7,9H2/t11-/m1/s1. The number of hydrogen-bond acceptors (Lipinski definition) is 2. The fourth-order valence-electron chi connectivity index (χ4n) is 2.07. The third-order valence-corrected chi connectivity index (χ3v) is 2.88. The first-order valence-corrected chi connectivity index (χ1v) is 5.60. The van der Waals surface area contributed by atoms with Gasteiger partial charge in [-0.1, -0.05) is 6.58 Å². The third-order valence-electron chi connectivity index (χ3n) is 2.88. The molecule has 16 heavy (non-hydrogen) atoms. The Morgan fingerprint density at radius 3 is 3.25 bits per heavy atom. The lowest BCUT2D eigenvalue weighted by atomic mass is 10.1. The number of piperidine rings is 1. The molecule has 0 unspecified atom stereocenters. The molecule has 0 bridgehead atoms. The van der Waals surface area contributed by atoms with Crippen LogP contribution in [0.25, 0.3) is 0 Å². The van der Waals surface area contributed by atoms with Crippen LogP contribution in [0, 0.1) is 0 Å². The smallest absolute Gasteiger partial charge is 0.246 e. The molecule has 0 spiro atoms. The molecule has 0 aromatic carbocycles. The fraction of sp³-hybridized carbons (Fsp3) is 0.417. The van der Waals surface area contributed by atoms with E-state index in [2.05, 4.69) is 16.9 Å². The second-order valence-electron chi connectivity index (χ2n) is 4.07. The summed E-state index contributed by atoms with van der Waals surface area (Å²) in [6, 6.07) is 2.34. The quantitative estimate of drug-likeness (QED) is 0.759. The summed E-state index contributed by atoms with van der Waals surface area (Å²) in [6.45, 7) is 5.12. The second kappa shape index (κ2) is 4.88. The van der Waals surface area contributed by atoms with Crippen molar-refractivity contribution in [3.63, 3.8) is 0 Å². The highest BCUT2D eigenvalue weighted by atomic mass is 16.2. The maximum Gasteiger partial charge on any atom is 0.246 e. The van der Waals surface area contributed by atoms with Crippen molar-refractivity contribution in [3.8, 4) is 0 Å². The number of aromatic nitrogens is 1. The number of likely N-dealkylation sites (tertiary alicyclic amines) is 1. The van der Waals surface area contributed by atoms with E-state index in [0.717, 1.165) is 31.6 Å². The van der Waals surface area contributed by atoms with Gasteiger partial charge in [0.15, 0.2) is 0 Å². The van der Waals surface area contributed by atoms with Gasteiger partial charge in [0.05, 0.1) is 5.69 Å². The lowest BCUT2D eigenvalue weighted by molar-refractivity contribution is -0.127. The summed E-state index contributed by atoms with van der Waals surface area (Å²) in [5.41, 5.74) is 1.08. The van der Waals surface area contributed by atoms with Crippen molar-refractivity contribution in [2.24, 2.45) is 0 Å². The van der Waals surface area contributed by atoms with Gasteiger partial charge in [0.2, 0.25) is 5.91 Å². The van der Waals surface area contributed by atoms with Gasteiger partial charge in [-0.15, -0.1) is 0 Å². The lowest BCUT2D eigenvalue weighted by Crippen LogP contribution is -2.44. The summed E-state index contributed by atoms with van der Waals surface area (Å²) in [4.78, 5) is 16.3. The van der Waals surface area contributed by atoms with Gasteiger partial charge in [-0.25, -0.2) is 0 Å². The Bertz CT molecular complexity index is 358. The van der Waals surface area contributed by atoms with E-state index in [0.29, 0.717) is 6.04 Å². The SMILES string of the molecule is C=CC(=O)N1CCC[C@@H](Nc2cc[nH]c2)C1. The van der Waals surface area contributed by atoms with Gasteiger partial charge in [-0.05, 0) is 25.0 Å². The Kier molecular flexibility index (Phi) is 3.29. The van der Waals surface area contributed by atoms with Crippen LogP contribution in [0.2, 0.25) is 0 Å². The molecule has 1 aromatic rings. The van der Waals surface area contributed by atoms with Gasteiger partial charge in [-0.3, -0.25) is 4.79 Å². The number of hydrogen-bond donors (Lipinski definition) is 2. The van der Waals surface area contributed by atoms with Gasteiger partial charge in [0, 0.05) is 31.5 Å². The first kappa shape index (κ1) is 10.8. The Morgan fingerprint density at radius 2 is 2.56 bits per heavy atom. The molecule has 0 aliphatic carbocycles. The second-order valence-corrected chi connectivity index (χ2v) is 4.07. The Morgan fingerprint density at radius 1 is 1.69 bits per heavy atom. The number of anilines is 1. The summed E-state index contributed by atoms with van der Waals surface area (Å²) in [6.07, 6.45) is 7.35. The summed E-state index contributed by atoms with van der Waals surface area (Å²) < 4.78 is 0. The highest BCUT2D eigenvalue weighted by molar-refractivity contribution is 5.87. The average Bonchev–Trinajstić information content (AvgIpc) is 2.81. The summed E-state index contributed by atoms with van der Waals surface area (Å²) in [5, 5.41) is 3.41. The maximum atomic E-state index is 11.5. The van der Waals surface area contributed by atoms with E-state index < -0.39 is 0 Å². The van der Waals surface area contributed by atoms with Crippen molar-refractivity contribution in [2.45, 2.75) is 18.9 Å². The maximum absolute atomic E-state index is 11.5. The molecule has 2 N–H and O–H groups in total. The molecule has 1 saturated heterocycles. The van der Waals surface area contributed by atoms with E-state index >= 15 is 0 Å². The normalized spacial score (nSPS) is 20.5. The summed E-state index contributed by atoms with van der Waals surface area (Å²) in [5.74, 6) is 0.0283. The molecule has 2 rings (SSSR count). The first-order valence-electron chi connectivity index (χ1n) is 5.60. The van der Waals surface area contributed by atoms with Crippen LogP contribution in [-0.2, 0) is 4.79 Å². The van der Waals surface area contributed by atoms with Crippen LogP contribution in [0.3, 0.4) is 0 Å². The minimum Gasteiger partial charge on any atom is -0.379 e. The highest BCUT2D eigenvalue weighted by Crippen LogP contribution is 2.15. The lowest BCUT2D eigenvalue weighted by Gasteiger charge is -2.32. The molecular weight excluding hydrogens is 202 g/mol. The number of carbonyl (C=O) groups excluding carboxylic acids is 1. The number of H-pyrrole nitrogens is 1. The number of amides is 1. The molecule has 1 amide bonds. The monoisotopic (exact) mass is 219 g/mol.